The van der Waals surface area contributed by atoms with Crippen molar-refractivity contribution in [2.45, 2.75) is 77.0 Å². The van der Waals surface area contributed by atoms with E-state index in [0.717, 1.165) is 46.7 Å². The summed E-state index contributed by atoms with van der Waals surface area (Å²) in [5.41, 5.74) is 13.8. The molecule has 0 N–H and O–H groups in total. The van der Waals surface area contributed by atoms with Crippen LogP contribution in [0.15, 0.2) is 72.4 Å². The van der Waals surface area contributed by atoms with E-state index in [1.165, 1.54) is 33.6 Å². The maximum Gasteiger partial charge on any atom is 0.144 e. The molecule has 0 amide bonds. The molecule has 0 fully saturated rings. The number of carbonyl (C=O) groups excluding carboxylic acids is 2. The van der Waals surface area contributed by atoms with Crippen molar-refractivity contribution in [2.75, 3.05) is 47.8 Å². The predicted molar refractivity (Wildman–Crippen MR) is 185 cm³/mol. The summed E-state index contributed by atoms with van der Waals surface area (Å²) < 4.78 is 0. The molecule has 0 aliphatic carbocycles. The van der Waals surface area contributed by atoms with Gasteiger partial charge in [0.05, 0.1) is 0 Å². The van der Waals surface area contributed by atoms with Gasteiger partial charge in [-0.2, -0.15) is 0 Å². The number of anilines is 4. The Balaban J connectivity index is 0.000000177. The smallest absolute Gasteiger partial charge is 0.144 e. The Kier molecular flexibility index (Phi) is 6.93. The highest BCUT2D eigenvalue weighted by atomic mass is 16.1. The third-order valence-electron chi connectivity index (χ3n) is 11.1. The fourth-order valence-electron chi connectivity index (χ4n) is 7.85. The van der Waals surface area contributed by atoms with Crippen LogP contribution in [0, 0.1) is 0 Å². The van der Waals surface area contributed by atoms with Gasteiger partial charge >= 0.3 is 0 Å². The van der Waals surface area contributed by atoms with Gasteiger partial charge in [0.2, 0.25) is 0 Å². The minimum absolute atomic E-state index is 0.00593. The summed E-state index contributed by atoms with van der Waals surface area (Å²) in [4.78, 5) is 30.8. The zero-order valence-electron chi connectivity index (χ0n) is 28.6. The molecule has 4 heterocycles. The van der Waals surface area contributed by atoms with Crippen LogP contribution in [0.2, 0.25) is 0 Å². The minimum Gasteiger partial charge on any atom is -0.348 e. The maximum absolute atomic E-state index is 11.1. The third kappa shape index (κ3) is 3.99. The molecular formula is C38H48N4O2. The predicted octanol–water partition coefficient (Wildman–Crippen LogP) is 7.48. The van der Waals surface area contributed by atoms with Gasteiger partial charge in [-0.05, 0) is 58.7 Å². The van der Waals surface area contributed by atoms with Crippen molar-refractivity contribution < 1.29 is 9.59 Å². The minimum atomic E-state index is -0.234. The quantitative estimate of drug-likeness (QED) is 0.266. The Hall–Kier alpha value is -4.06. The van der Waals surface area contributed by atoms with Gasteiger partial charge in [-0.15, -0.1) is 0 Å². The van der Waals surface area contributed by atoms with Gasteiger partial charge in [-0.25, -0.2) is 0 Å². The van der Waals surface area contributed by atoms with E-state index in [0.29, 0.717) is 0 Å². The number of hydrogen-bond acceptors (Lipinski definition) is 6. The number of allylic oxidation sites excluding steroid dienone is 6. The standard InChI is InChI=1S/C20H24N2O2.C18H24N2/c1-19(2)13-11-16-14(12-15(13)21(5)17(19)7-9-23)20(3,4)18(8-10-24)22(16)6;1-11-17(3,4)13-9-16-14(10-15(13)19(11)7)18(5,6)12(2)20(16)8/h7-12H,1-6H3;9-10H,1-2H2,3-8H3/b17-7-,18-8-;. The van der Waals surface area contributed by atoms with Crippen LogP contribution in [-0.2, 0) is 31.2 Å². The Morgan fingerprint density at radius 3 is 1.00 bits per heavy atom. The van der Waals surface area contributed by atoms with Crippen LogP contribution < -0.4 is 19.6 Å². The lowest BCUT2D eigenvalue weighted by molar-refractivity contribution is -0.104. The zero-order chi connectivity index (χ0) is 32.9. The SMILES string of the molecule is C=C1N(C)c2cc3c(cc2C1(C)C)N(C)C(=C)C3(C)C.CN1/C(=C\C=O)C(C)(C)c2cc3c(cc21)C(C)(C)/C(=C/C=O)N3C. The fraction of sp³-hybridized carbons (Fsp3) is 0.421. The highest BCUT2D eigenvalue weighted by Gasteiger charge is 2.45. The van der Waals surface area contributed by atoms with Gasteiger partial charge in [0.15, 0.2) is 0 Å². The van der Waals surface area contributed by atoms with Gasteiger partial charge < -0.3 is 19.6 Å². The van der Waals surface area contributed by atoms with Gasteiger partial charge in [0.25, 0.3) is 0 Å². The van der Waals surface area contributed by atoms with E-state index in [-0.39, 0.29) is 21.7 Å². The van der Waals surface area contributed by atoms with Gasteiger partial charge in [-0.1, -0.05) is 68.5 Å². The Morgan fingerprint density at radius 1 is 0.477 bits per heavy atom. The second-order valence-corrected chi connectivity index (χ2v) is 14.8. The van der Waals surface area contributed by atoms with Crippen LogP contribution in [0.1, 0.15) is 77.6 Å². The molecule has 0 saturated carbocycles. The second kappa shape index (κ2) is 9.72. The van der Waals surface area contributed by atoms with Crippen LogP contribution in [0.4, 0.5) is 22.7 Å². The van der Waals surface area contributed by atoms with Gasteiger partial charge in [-0.3, -0.25) is 9.59 Å². The van der Waals surface area contributed by atoms with Gasteiger partial charge in [0.1, 0.15) is 12.6 Å². The first kappa shape index (κ1) is 31.4. The van der Waals surface area contributed by atoms with Crippen LogP contribution >= 0.6 is 0 Å². The third-order valence-corrected chi connectivity index (χ3v) is 11.1. The van der Waals surface area contributed by atoms with Gasteiger partial charge in [0, 0.05) is 95.4 Å². The summed E-state index contributed by atoms with van der Waals surface area (Å²) in [5.74, 6) is 0. The summed E-state index contributed by atoms with van der Waals surface area (Å²) in [6, 6.07) is 9.08. The van der Waals surface area contributed by atoms with Crippen LogP contribution in [-0.4, -0.2) is 40.8 Å². The van der Waals surface area contributed by atoms with Crippen LogP contribution in [0.5, 0.6) is 0 Å². The molecule has 0 radical (unpaired) electrons. The lowest BCUT2D eigenvalue weighted by atomic mass is 9.80. The van der Waals surface area contributed by atoms with E-state index in [1.54, 1.807) is 12.2 Å². The van der Waals surface area contributed by atoms with Crippen molar-refractivity contribution in [3.8, 4) is 0 Å². The molecule has 6 nitrogen and oxygen atoms in total. The summed E-state index contributed by atoms with van der Waals surface area (Å²) >= 11 is 0. The molecule has 6 heteroatoms. The first-order valence-electron chi connectivity index (χ1n) is 15.3. The summed E-state index contributed by atoms with van der Waals surface area (Å²) in [6.07, 6.45) is 5.01. The summed E-state index contributed by atoms with van der Waals surface area (Å²) in [5, 5.41) is 0. The van der Waals surface area contributed by atoms with Crippen molar-refractivity contribution in [1.82, 2.24) is 0 Å². The van der Waals surface area contributed by atoms with E-state index in [2.05, 4.69) is 127 Å². The number of nitrogens with zero attached hydrogens (tertiary/aromatic N) is 4. The molecule has 0 bridgehead atoms. The number of hydrogen-bond donors (Lipinski definition) is 0. The average Bonchev–Trinajstić information content (AvgIpc) is 3.42. The van der Waals surface area contributed by atoms with Crippen molar-refractivity contribution in [2.24, 2.45) is 0 Å². The number of fused-ring (bicyclic) bond motifs is 4. The van der Waals surface area contributed by atoms with E-state index < -0.39 is 0 Å². The topological polar surface area (TPSA) is 47.1 Å². The molecule has 4 aliphatic heterocycles. The monoisotopic (exact) mass is 592 g/mol. The molecule has 2 aromatic rings. The van der Waals surface area contributed by atoms with Crippen molar-refractivity contribution in [3.63, 3.8) is 0 Å². The molecule has 2 aromatic carbocycles. The Morgan fingerprint density at radius 2 is 0.727 bits per heavy atom. The Labute approximate surface area is 264 Å². The largest absolute Gasteiger partial charge is 0.348 e. The molecule has 232 valence electrons. The number of likely N-dealkylation sites (N-methyl/N-ethyl adjacent to an activating group) is 4. The Bertz CT molecular complexity index is 1580. The molecule has 0 atom stereocenters. The normalized spacial score (nSPS) is 23.0. The molecule has 0 unspecified atom stereocenters. The van der Waals surface area contributed by atoms with Crippen molar-refractivity contribution in [1.29, 1.82) is 0 Å². The van der Waals surface area contributed by atoms with E-state index >= 15 is 0 Å². The molecule has 6 rings (SSSR count). The van der Waals surface area contributed by atoms with Crippen molar-refractivity contribution in [3.05, 3.63) is 94.6 Å². The summed E-state index contributed by atoms with van der Waals surface area (Å²) in [6.45, 7) is 26.1. The molecule has 4 aliphatic rings. The number of aldehydes is 2. The number of benzene rings is 2. The summed E-state index contributed by atoms with van der Waals surface area (Å²) in [7, 11) is 8.23. The van der Waals surface area contributed by atoms with Crippen molar-refractivity contribution >= 4 is 35.3 Å². The first-order chi connectivity index (χ1) is 20.3. The number of rotatable bonds is 2. The van der Waals surface area contributed by atoms with E-state index in [9.17, 15) is 9.59 Å². The number of carbonyl (C=O) groups is 2. The van der Waals surface area contributed by atoms with Crippen LogP contribution in [0.3, 0.4) is 0 Å². The van der Waals surface area contributed by atoms with Crippen LogP contribution in [0.25, 0.3) is 0 Å². The van der Waals surface area contributed by atoms with E-state index in [1.807, 2.05) is 14.1 Å². The first-order valence-corrected chi connectivity index (χ1v) is 15.3. The zero-order valence-corrected chi connectivity index (χ0v) is 28.6. The molecular weight excluding hydrogens is 544 g/mol. The highest BCUT2D eigenvalue weighted by molar-refractivity contribution is 5.84. The molecule has 0 aromatic heterocycles. The molecule has 0 saturated heterocycles. The van der Waals surface area contributed by atoms with E-state index in [4.69, 9.17) is 0 Å². The second-order valence-electron chi connectivity index (χ2n) is 14.8. The lowest BCUT2D eigenvalue weighted by Gasteiger charge is -2.24. The average molecular weight is 593 g/mol. The maximum atomic E-state index is 11.1. The lowest BCUT2D eigenvalue weighted by Crippen LogP contribution is -2.24. The molecule has 44 heavy (non-hydrogen) atoms. The molecule has 0 spiro atoms. The highest BCUT2D eigenvalue weighted by Crippen LogP contribution is 2.56. The fourth-order valence-corrected chi connectivity index (χ4v) is 7.85.